The molecule has 0 saturated heterocycles. The standard InChI is InChI=1S/C24H22N2O4/c1-17-6-3-4-7-19(17)16-30-22-10-9-18(13-23(22)28-2)12-20(14-25)24(27)26-15-21-8-5-11-29-21/h3-13H,15-16H2,1-2H3,(H,26,27)/b20-12-. The van der Waals surface area contributed by atoms with Crippen LogP contribution < -0.4 is 14.8 Å². The van der Waals surface area contributed by atoms with Crippen LogP contribution in [0.25, 0.3) is 6.08 Å². The van der Waals surface area contributed by atoms with E-state index in [1.807, 2.05) is 37.3 Å². The van der Waals surface area contributed by atoms with E-state index in [1.54, 1.807) is 37.4 Å². The van der Waals surface area contributed by atoms with Crippen molar-refractivity contribution in [3.05, 3.63) is 88.9 Å². The van der Waals surface area contributed by atoms with Crippen molar-refractivity contribution in [1.29, 1.82) is 5.26 Å². The van der Waals surface area contributed by atoms with E-state index >= 15 is 0 Å². The van der Waals surface area contributed by atoms with Crippen LogP contribution in [-0.2, 0) is 17.9 Å². The third kappa shape index (κ3) is 5.30. The van der Waals surface area contributed by atoms with Gasteiger partial charge in [0.2, 0.25) is 0 Å². The second kappa shape index (κ2) is 9.99. The molecule has 0 fully saturated rings. The molecule has 0 radical (unpaired) electrons. The summed E-state index contributed by atoms with van der Waals surface area (Å²) >= 11 is 0. The molecule has 30 heavy (non-hydrogen) atoms. The Bertz CT molecular complexity index is 1080. The second-order valence-corrected chi connectivity index (χ2v) is 6.56. The lowest BCUT2D eigenvalue weighted by molar-refractivity contribution is -0.117. The molecule has 0 aliphatic rings. The maximum absolute atomic E-state index is 12.3. The molecule has 0 saturated carbocycles. The number of carbonyl (C=O) groups excluding carboxylic acids is 1. The van der Waals surface area contributed by atoms with E-state index in [0.29, 0.717) is 29.4 Å². The lowest BCUT2D eigenvalue weighted by atomic mass is 10.1. The van der Waals surface area contributed by atoms with Crippen molar-refractivity contribution in [2.75, 3.05) is 7.11 Å². The zero-order chi connectivity index (χ0) is 21.3. The number of furan rings is 1. The van der Waals surface area contributed by atoms with E-state index in [4.69, 9.17) is 13.9 Å². The molecule has 0 bridgehead atoms. The fraction of sp³-hybridized carbons (Fsp3) is 0.167. The molecular weight excluding hydrogens is 380 g/mol. The largest absolute Gasteiger partial charge is 0.493 e. The van der Waals surface area contributed by atoms with Crippen LogP contribution in [0.15, 0.2) is 70.9 Å². The van der Waals surface area contributed by atoms with Crippen LogP contribution in [0.2, 0.25) is 0 Å². The monoisotopic (exact) mass is 402 g/mol. The molecule has 1 N–H and O–H groups in total. The summed E-state index contributed by atoms with van der Waals surface area (Å²) in [5, 5.41) is 12.0. The van der Waals surface area contributed by atoms with Gasteiger partial charge in [0.05, 0.1) is 19.9 Å². The highest BCUT2D eigenvalue weighted by Crippen LogP contribution is 2.30. The quantitative estimate of drug-likeness (QED) is 0.446. The molecule has 0 aliphatic carbocycles. The average Bonchev–Trinajstić information content (AvgIpc) is 3.29. The predicted octanol–water partition coefficient (Wildman–Crippen LogP) is 4.40. The molecule has 3 aromatic rings. The number of nitrogens with one attached hydrogen (secondary N) is 1. The Morgan fingerprint density at radius 2 is 2.00 bits per heavy atom. The number of nitriles is 1. The van der Waals surface area contributed by atoms with Gasteiger partial charge in [-0.3, -0.25) is 4.79 Å². The van der Waals surface area contributed by atoms with Crippen LogP contribution in [0, 0.1) is 18.3 Å². The number of benzene rings is 2. The summed E-state index contributed by atoms with van der Waals surface area (Å²) in [4.78, 5) is 12.3. The smallest absolute Gasteiger partial charge is 0.262 e. The molecule has 3 rings (SSSR count). The van der Waals surface area contributed by atoms with Gasteiger partial charge in [0, 0.05) is 0 Å². The maximum atomic E-state index is 12.3. The molecule has 0 spiro atoms. The Morgan fingerprint density at radius 1 is 1.17 bits per heavy atom. The van der Waals surface area contributed by atoms with Crippen molar-refractivity contribution in [1.82, 2.24) is 5.32 Å². The van der Waals surface area contributed by atoms with Crippen LogP contribution in [0.5, 0.6) is 11.5 Å². The molecule has 152 valence electrons. The summed E-state index contributed by atoms with van der Waals surface area (Å²) in [6, 6.07) is 18.7. The molecule has 0 atom stereocenters. The van der Waals surface area contributed by atoms with E-state index in [9.17, 15) is 10.1 Å². The van der Waals surface area contributed by atoms with Gasteiger partial charge >= 0.3 is 0 Å². The summed E-state index contributed by atoms with van der Waals surface area (Å²) < 4.78 is 16.5. The number of hydrogen-bond donors (Lipinski definition) is 1. The Morgan fingerprint density at radius 3 is 2.70 bits per heavy atom. The number of aryl methyl sites for hydroxylation is 1. The van der Waals surface area contributed by atoms with E-state index in [-0.39, 0.29) is 12.1 Å². The van der Waals surface area contributed by atoms with Gasteiger partial charge in [-0.15, -0.1) is 0 Å². The summed E-state index contributed by atoms with van der Waals surface area (Å²) in [6.45, 7) is 2.65. The summed E-state index contributed by atoms with van der Waals surface area (Å²) in [5.41, 5.74) is 2.87. The first-order valence-electron chi connectivity index (χ1n) is 9.38. The van der Waals surface area contributed by atoms with Gasteiger partial charge in [-0.1, -0.05) is 30.3 Å². The molecule has 6 nitrogen and oxygen atoms in total. The lowest BCUT2D eigenvalue weighted by Gasteiger charge is -2.12. The zero-order valence-corrected chi connectivity index (χ0v) is 16.8. The Labute approximate surface area is 175 Å². The molecular formula is C24H22N2O4. The van der Waals surface area contributed by atoms with Gasteiger partial charge in [-0.05, 0) is 54.0 Å². The minimum atomic E-state index is -0.479. The van der Waals surface area contributed by atoms with Crippen LogP contribution in [0.4, 0.5) is 0 Å². The number of methoxy groups -OCH3 is 1. The highest BCUT2D eigenvalue weighted by Gasteiger charge is 2.11. The predicted molar refractivity (Wildman–Crippen MR) is 113 cm³/mol. The van der Waals surface area contributed by atoms with E-state index < -0.39 is 5.91 Å². The van der Waals surface area contributed by atoms with Gasteiger partial charge in [-0.25, -0.2) is 0 Å². The number of carbonyl (C=O) groups is 1. The normalized spacial score (nSPS) is 10.9. The first-order valence-corrected chi connectivity index (χ1v) is 9.38. The topological polar surface area (TPSA) is 84.5 Å². The fourth-order valence-corrected chi connectivity index (χ4v) is 2.81. The van der Waals surface area contributed by atoms with Crippen LogP contribution in [0.3, 0.4) is 0 Å². The van der Waals surface area contributed by atoms with Crippen LogP contribution in [0.1, 0.15) is 22.5 Å². The average molecular weight is 402 g/mol. The minimum absolute atomic E-state index is 0.0165. The highest BCUT2D eigenvalue weighted by atomic mass is 16.5. The van der Waals surface area contributed by atoms with Gasteiger partial charge in [0.1, 0.15) is 24.0 Å². The first kappa shape index (κ1) is 20.7. The number of amides is 1. The highest BCUT2D eigenvalue weighted by molar-refractivity contribution is 6.01. The van der Waals surface area contributed by atoms with Crippen molar-refractivity contribution in [2.24, 2.45) is 0 Å². The molecule has 0 aliphatic heterocycles. The molecule has 1 amide bonds. The minimum Gasteiger partial charge on any atom is -0.493 e. The molecule has 6 heteroatoms. The number of hydrogen-bond acceptors (Lipinski definition) is 5. The summed E-state index contributed by atoms with van der Waals surface area (Å²) in [6.07, 6.45) is 3.03. The maximum Gasteiger partial charge on any atom is 0.262 e. The summed E-state index contributed by atoms with van der Waals surface area (Å²) in [7, 11) is 1.55. The van der Waals surface area contributed by atoms with Gasteiger partial charge in [0.15, 0.2) is 11.5 Å². The van der Waals surface area contributed by atoms with E-state index in [1.165, 1.54) is 12.3 Å². The summed E-state index contributed by atoms with van der Waals surface area (Å²) in [5.74, 6) is 1.23. The Hall–Kier alpha value is -3.98. The van der Waals surface area contributed by atoms with Gasteiger partial charge in [0.25, 0.3) is 5.91 Å². The first-order chi connectivity index (χ1) is 14.6. The van der Waals surface area contributed by atoms with Crippen molar-refractivity contribution in [2.45, 2.75) is 20.1 Å². The molecule has 0 unspecified atom stereocenters. The van der Waals surface area contributed by atoms with E-state index in [2.05, 4.69) is 5.32 Å². The van der Waals surface area contributed by atoms with Crippen molar-refractivity contribution >= 4 is 12.0 Å². The molecule has 1 aromatic heterocycles. The third-order valence-corrected chi connectivity index (χ3v) is 4.51. The van der Waals surface area contributed by atoms with Gasteiger partial charge in [-0.2, -0.15) is 5.26 Å². The number of ether oxygens (including phenoxy) is 2. The van der Waals surface area contributed by atoms with Crippen LogP contribution in [-0.4, -0.2) is 13.0 Å². The Balaban J connectivity index is 1.71. The van der Waals surface area contributed by atoms with E-state index in [0.717, 1.165) is 11.1 Å². The lowest BCUT2D eigenvalue weighted by Crippen LogP contribution is -2.23. The van der Waals surface area contributed by atoms with Crippen molar-refractivity contribution in [3.8, 4) is 17.6 Å². The molecule has 1 heterocycles. The number of nitrogens with zero attached hydrogens (tertiary/aromatic N) is 1. The third-order valence-electron chi connectivity index (χ3n) is 4.51. The van der Waals surface area contributed by atoms with Crippen molar-refractivity contribution < 1.29 is 18.7 Å². The SMILES string of the molecule is COc1cc(/C=C(/C#N)C(=O)NCc2ccco2)ccc1OCc1ccccc1C. The zero-order valence-electron chi connectivity index (χ0n) is 16.8. The van der Waals surface area contributed by atoms with Gasteiger partial charge < -0.3 is 19.2 Å². The second-order valence-electron chi connectivity index (χ2n) is 6.56. The van der Waals surface area contributed by atoms with Crippen molar-refractivity contribution in [3.63, 3.8) is 0 Å². The Kier molecular flexibility index (Phi) is 6.91. The fourth-order valence-electron chi connectivity index (χ4n) is 2.81. The van der Waals surface area contributed by atoms with Crippen LogP contribution >= 0.6 is 0 Å². The number of rotatable bonds is 8. The molecule has 2 aromatic carbocycles.